The van der Waals surface area contributed by atoms with E-state index in [2.05, 4.69) is 72.4 Å². The van der Waals surface area contributed by atoms with Gasteiger partial charge in [0, 0.05) is 35.9 Å². The standard InChI is InChI=1S/C21H20N2OS/c1-13-9-17(11-20(24-4)14(13)2)21-18(12-22-25-21)15-5-6-19-16(10-15)7-8-23(19)3/h5-12H,1-4H3. The van der Waals surface area contributed by atoms with Gasteiger partial charge in [0.25, 0.3) is 0 Å². The van der Waals surface area contributed by atoms with Crippen molar-refractivity contribution in [2.75, 3.05) is 7.11 Å². The molecule has 126 valence electrons. The van der Waals surface area contributed by atoms with Gasteiger partial charge in [0.1, 0.15) is 5.75 Å². The first kappa shape index (κ1) is 15.9. The second-order valence-corrected chi connectivity index (χ2v) is 7.19. The summed E-state index contributed by atoms with van der Waals surface area (Å²) in [7, 11) is 3.80. The molecular weight excluding hydrogens is 328 g/mol. The second-order valence-electron chi connectivity index (χ2n) is 6.39. The molecule has 4 heteroatoms. The minimum atomic E-state index is 0.924. The Balaban J connectivity index is 1.86. The van der Waals surface area contributed by atoms with Crippen molar-refractivity contribution in [2.45, 2.75) is 13.8 Å². The molecule has 2 aromatic heterocycles. The average molecular weight is 348 g/mol. The predicted octanol–water partition coefficient (Wildman–Crippen LogP) is 5.59. The summed E-state index contributed by atoms with van der Waals surface area (Å²) >= 11 is 1.53. The SMILES string of the molecule is COc1cc(-c2sncc2-c2ccc3c(ccn3C)c2)cc(C)c1C. The molecule has 0 amide bonds. The van der Waals surface area contributed by atoms with E-state index < -0.39 is 0 Å². The Morgan fingerprint density at radius 3 is 2.68 bits per heavy atom. The van der Waals surface area contributed by atoms with Crippen molar-refractivity contribution in [3.05, 3.63) is 59.9 Å². The molecule has 2 heterocycles. The highest BCUT2D eigenvalue weighted by molar-refractivity contribution is 7.10. The van der Waals surface area contributed by atoms with Crippen LogP contribution >= 0.6 is 11.5 Å². The first-order valence-electron chi connectivity index (χ1n) is 8.24. The van der Waals surface area contributed by atoms with Gasteiger partial charge in [-0.3, -0.25) is 0 Å². The van der Waals surface area contributed by atoms with Crippen LogP contribution in [-0.2, 0) is 7.05 Å². The smallest absolute Gasteiger partial charge is 0.122 e. The van der Waals surface area contributed by atoms with Crippen molar-refractivity contribution >= 4 is 22.4 Å². The van der Waals surface area contributed by atoms with Gasteiger partial charge in [-0.05, 0) is 71.9 Å². The van der Waals surface area contributed by atoms with Crippen LogP contribution in [0.25, 0.3) is 32.5 Å². The number of benzene rings is 2. The minimum Gasteiger partial charge on any atom is -0.496 e. The zero-order valence-corrected chi connectivity index (χ0v) is 15.6. The summed E-state index contributed by atoms with van der Waals surface area (Å²) < 4.78 is 12.2. The molecule has 0 aliphatic heterocycles. The molecule has 0 aliphatic carbocycles. The molecule has 2 aromatic carbocycles. The number of ether oxygens (including phenoxy) is 1. The van der Waals surface area contributed by atoms with Crippen molar-refractivity contribution < 1.29 is 4.74 Å². The van der Waals surface area contributed by atoms with Crippen molar-refractivity contribution in [3.63, 3.8) is 0 Å². The van der Waals surface area contributed by atoms with Crippen LogP contribution in [0.1, 0.15) is 11.1 Å². The van der Waals surface area contributed by atoms with Crippen LogP contribution in [0.2, 0.25) is 0 Å². The fraction of sp³-hybridized carbons (Fsp3) is 0.190. The fourth-order valence-corrected chi connectivity index (χ4v) is 4.03. The highest BCUT2D eigenvalue weighted by Gasteiger charge is 2.14. The van der Waals surface area contributed by atoms with Gasteiger partial charge in [0.2, 0.25) is 0 Å². The van der Waals surface area contributed by atoms with Crippen molar-refractivity contribution in [1.29, 1.82) is 0 Å². The summed E-state index contributed by atoms with van der Waals surface area (Å²) in [6.45, 7) is 4.22. The Labute approximate surface area is 151 Å². The minimum absolute atomic E-state index is 0.924. The number of rotatable bonds is 3. The number of nitrogens with zero attached hydrogens (tertiary/aromatic N) is 2. The molecule has 0 N–H and O–H groups in total. The van der Waals surface area contributed by atoms with Gasteiger partial charge >= 0.3 is 0 Å². The van der Waals surface area contributed by atoms with Gasteiger partial charge in [-0.2, -0.15) is 4.37 Å². The second kappa shape index (κ2) is 6.05. The van der Waals surface area contributed by atoms with Crippen molar-refractivity contribution in [2.24, 2.45) is 7.05 Å². The third kappa shape index (κ3) is 2.63. The van der Waals surface area contributed by atoms with Gasteiger partial charge < -0.3 is 9.30 Å². The number of hydrogen-bond acceptors (Lipinski definition) is 3. The lowest BCUT2D eigenvalue weighted by Crippen LogP contribution is -1.91. The first-order chi connectivity index (χ1) is 12.1. The number of fused-ring (bicyclic) bond motifs is 1. The van der Waals surface area contributed by atoms with E-state index in [1.54, 1.807) is 7.11 Å². The lowest BCUT2D eigenvalue weighted by Gasteiger charge is -2.11. The summed E-state index contributed by atoms with van der Waals surface area (Å²) in [5.74, 6) is 0.924. The molecule has 0 aliphatic rings. The van der Waals surface area contributed by atoms with Gasteiger partial charge in [0.05, 0.1) is 12.0 Å². The van der Waals surface area contributed by atoms with Gasteiger partial charge in [0.15, 0.2) is 0 Å². The number of hydrogen-bond donors (Lipinski definition) is 0. The van der Waals surface area contributed by atoms with Crippen LogP contribution < -0.4 is 4.74 Å². The molecule has 0 fully saturated rings. The van der Waals surface area contributed by atoms with Crippen LogP contribution in [0.15, 0.2) is 48.8 Å². The van der Waals surface area contributed by atoms with E-state index in [0.717, 1.165) is 11.3 Å². The molecule has 4 rings (SSSR count). The normalized spacial score (nSPS) is 11.2. The third-order valence-corrected chi connectivity index (χ3v) is 5.72. The molecule has 0 unspecified atom stereocenters. The molecule has 0 saturated carbocycles. The molecule has 4 aromatic rings. The topological polar surface area (TPSA) is 27.1 Å². The Bertz CT molecular complexity index is 1070. The maximum absolute atomic E-state index is 5.55. The van der Waals surface area contributed by atoms with E-state index in [9.17, 15) is 0 Å². The number of methoxy groups -OCH3 is 1. The summed E-state index contributed by atoms with van der Waals surface area (Å²) in [5.41, 5.74) is 7.17. The van der Waals surface area contributed by atoms with Gasteiger partial charge in [-0.25, -0.2) is 0 Å². The van der Waals surface area contributed by atoms with E-state index in [1.165, 1.54) is 49.6 Å². The van der Waals surface area contributed by atoms with Crippen LogP contribution in [-0.4, -0.2) is 16.1 Å². The molecule has 0 radical (unpaired) electrons. The van der Waals surface area contributed by atoms with Gasteiger partial charge in [-0.15, -0.1) is 0 Å². The maximum atomic E-state index is 5.55. The zero-order valence-electron chi connectivity index (χ0n) is 14.8. The first-order valence-corrected chi connectivity index (χ1v) is 9.01. The Morgan fingerprint density at radius 2 is 1.88 bits per heavy atom. The molecule has 0 bridgehead atoms. The Morgan fingerprint density at radius 1 is 1.04 bits per heavy atom. The largest absolute Gasteiger partial charge is 0.496 e. The maximum Gasteiger partial charge on any atom is 0.122 e. The lowest BCUT2D eigenvalue weighted by atomic mass is 9.99. The predicted molar refractivity (Wildman–Crippen MR) is 105 cm³/mol. The van der Waals surface area contributed by atoms with E-state index in [-0.39, 0.29) is 0 Å². The average Bonchev–Trinajstić information content (AvgIpc) is 3.24. The van der Waals surface area contributed by atoms with Crippen LogP contribution in [0, 0.1) is 13.8 Å². The molecule has 0 spiro atoms. The lowest BCUT2D eigenvalue weighted by molar-refractivity contribution is 0.411. The number of aromatic nitrogens is 2. The van der Waals surface area contributed by atoms with Gasteiger partial charge in [-0.1, -0.05) is 12.1 Å². The van der Waals surface area contributed by atoms with Crippen LogP contribution in [0.3, 0.4) is 0 Å². The highest BCUT2D eigenvalue weighted by atomic mass is 32.1. The Kier molecular flexibility index (Phi) is 3.85. The van der Waals surface area contributed by atoms with E-state index >= 15 is 0 Å². The van der Waals surface area contributed by atoms with Crippen LogP contribution in [0.5, 0.6) is 5.75 Å². The number of aryl methyl sites for hydroxylation is 2. The summed E-state index contributed by atoms with van der Waals surface area (Å²) in [6.07, 6.45) is 4.06. The summed E-state index contributed by atoms with van der Waals surface area (Å²) in [4.78, 5) is 1.18. The molecular formula is C21H20N2OS. The molecule has 3 nitrogen and oxygen atoms in total. The fourth-order valence-electron chi connectivity index (χ4n) is 3.27. The monoisotopic (exact) mass is 348 g/mol. The third-order valence-electron chi connectivity index (χ3n) is 4.87. The van der Waals surface area contributed by atoms with E-state index in [1.807, 2.05) is 6.20 Å². The zero-order chi connectivity index (χ0) is 17.6. The summed E-state index contributed by atoms with van der Waals surface area (Å²) in [5, 5.41) is 1.25. The van der Waals surface area contributed by atoms with E-state index in [4.69, 9.17) is 4.74 Å². The van der Waals surface area contributed by atoms with Crippen molar-refractivity contribution in [3.8, 4) is 27.3 Å². The van der Waals surface area contributed by atoms with E-state index in [0.29, 0.717) is 0 Å². The van der Waals surface area contributed by atoms with Crippen LogP contribution in [0.4, 0.5) is 0 Å². The molecule has 0 atom stereocenters. The molecule has 0 saturated heterocycles. The highest BCUT2D eigenvalue weighted by Crippen LogP contribution is 2.39. The van der Waals surface area contributed by atoms with Crippen molar-refractivity contribution in [1.82, 2.24) is 8.94 Å². The Hall–Kier alpha value is -2.59. The molecule has 25 heavy (non-hydrogen) atoms. The summed E-state index contributed by atoms with van der Waals surface area (Å²) in [6, 6.07) is 13.1. The quantitative estimate of drug-likeness (QED) is 0.482.